The van der Waals surface area contributed by atoms with Crippen molar-refractivity contribution in [1.82, 2.24) is 9.78 Å². The zero-order valence-electron chi connectivity index (χ0n) is 11.8. The summed E-state index contributed by atoms with van der Waals surface area (Å²) in [5.41, 5.74) is 0.394. The number of hydrogen-bond donors (Lipinski definition) is 0. The van der Waals surface area contributed by atoms with E-state index in [9.17, 15) is 14.9 Å². The van der Waals surface area contributed by atoms with Gasteiger partial charge in [-0.1, -0.05) is 0 Å². The third-order valence-electron chi connectivity index (χ3n) is 3.60. The van der Waals surface area contributed by atoms with Crippen molar-refractivity contribution in [2.45, 2.75) is 19.8 Å². The third-order valence-corrected chi connectivity index (χ3v) is 3.60. The van der Waals surface area contributed by atoms with Crippen LogP contribution in [0.15, 0.2) is 0 Å². The highest BCUT2D eigenvalue weighted by Crippen LogP contribution is 2.33. The minimum atomic E-state index is -0.417. The van der Waals surface area contributed by atoms with E-state index in [1.54, 1.807) is 14.0 Å². The lowest BCUT2D eigenvalue weighted by atomic mass is 9.98. The van der Waals surface area contributed by atoms with Crippen molar-refractivity contribution in [3.8, 4) is 0 Å². The molecule has 1 aromatic rings. The molecule has 1 unspecified atom stereocenters. The Morgan fingerprint density at radius 3 is 2.85 bits per heavy atom. The number of methoxy groups -OCH3 is 1. The molecular weight excluding hydrogens is 264 g/mol. The van der Waals surface area contributed by atoms with Gasteiger partial charge in [-0.05, 0) is 19.8 Å². The van der Waals surface area contributed by atoms with Crippen LogP contribution >= 0.6 is 0 Å². The van der Waals surface area contributed by atoms with Crippen molar-refractivity contribution in [3.63, 3.8) is 0 Å². The maximum Gasteiger partial charge on any atom is 0.333 e. The predicted molar refractivity (Wildman–Crippen MR) is 71.6 cm³/mol. The van der Waals surface area contributed by atoms with Gasteiger partial charge in [0.15, 0.2) is 0 Å². The van der Waals surface area contributed by atoms with E-state index in [0.717, 1.165) is 12.8 Å². The largest absolute Gasteiger partial charge is 0.469 e. The molecule has 0 saturated carbocycles. The monoisotopic (exact) mass is 282 g/mol. The summed E-state index contributed by atoms with van der Waals surface area (Å²) in [6, 6.07) is 0. The van der Waals surface area contributed by atoms with Crippen molar-refractivity contribution < 1.29 is 14.5 Å². The van der Waals surface area contributed by atoms with Crippen LogP contribution in [0.5, 0.6) is 0 Å². The Balaban J connectivity index is 2.32. The molecule has 0 spiro atoms. The summed E-state index contributed by atoms with van der Waals surface area (Å²) >= 11 is 0. The van der Waals surface area contributed by atoms with E-state index in [4.69, 9.17) is 4.74 Å². The third kappa shape index (κ3) is 2.45. The van der Waals surface area contributed by atoms with E-state index in [1.807, 2.05) is 4.90 Å². The zero-order chi connectivity index (χ0) is 14.9. The lowest BCUT2D eigenvalue weighted by Crippen LogP contribution is -2.40. The van der Waals surface area contributed by atoms with Crippen LogP contribution in [0.2, 0.25) is 0 Å². The van der Waals surface area contributed by atoms with Crippen LogP contribution in [0.3, 0.4) is 0 Å². The quantitative estimate of drug-likeness (QED) is 0.467. The SMILES string of the molecule is COC(=O)C1CCCN(c2c([N+](=O)[O-])c(C)nn2C)C1. The smallest absolute Gasteiger partial charge is 0.333 e. The summed E-state index contributed by atoms with van der Waals surface area (Å²) in [6.07, 6.45) is 1.54. The normalized spacial score (nSPS) is 18.9. The van der Waals surface area contributed by atoms with Crippen LogP contribution in [0.1, 0.15) is 18.5 Å². The maximum absolute atomic E-state index is 11.6. The van der Waals surface area contributed by atoms with Crippen molar-refractivity contribution >= 4 is 17.5 Å². The van der Waals surface area contributed by atoms with Gasteiger partial charge in [0.1, 0.15) is 5.69 Å². The Morgan fingerprint density at radius 1 is 1.55 bits per heavy atom. The number of rotatable bonds is 3. The van der Waals surface area contributed by atoms with Gasteiger partial charge < -0.3 is 9.64 Å². The molecule has 1 fully saturated rings. The molecule has 110 valence electrons. The molecular formula is C12H18N4O4. The van der Waals surface area contributed by atoms with Gasteiger partial charge in [-0.15, -0.1) is 0 Å². The molecule has 8 heteroatoms. The van der Waals surface area contributed by atoms with Gasteiger partial charge in [0.05, 0.1) is 18.0 Å². The number of ether oxygens (including phenoxy) is 1. The van der Waals surface area contributed by atoms with Crippen molar-refractivity contribution in [2.75, 3.05) is 25.1 Å². The summed E-state index contributed by atoms with van der Waals surface area (Å²) in [4.78, 5) is 24.3. The Morgan fingerprint density at radius 2 is 2.25 bits per heavy atom. The predicted octanol–water partition coefficient (Wildman–Crippen LogP) is 1.03. The van der Waals surface area contributed by atoms with E-state index < -0.39 is 4.92 Å². The van der Waals surface area contributed by atoms with E-state index in [-0.39, 0.29) is 17.6 Å². The molecule has 1 saturated heterocycles. The lowest BCUT2D eigenvalue weighted by Gasteiger charge is -2.32. The maximum atomic E-state index is 11.6. The lowest BCUT2D eigenvalue weighted by molar-refractivity contribution is -0.384. The standard InChI is InChI=1S/C12H18N4O4/c1-8-10(16(18)19)11(14(2)13-8)15-6-4-5-9(7-15)12(17)20-3/h9H,4-7H2,1-3H3. The van der Waals surface area contributed by atoms with Gasteiger partial charge in [-0.2, -0.15) is 5.10 Å². The average molecular weight is 282 g/mol. The van der Waals surface area contributed by atoms with Gasteiger partial charge >= 0.3 is 11.7 Å². The van der Waals surface area contributed by atoms with E-state index in [2.05, 4.69) is 5.10 Å². The first-order chi connectivity index (χ1) is 9.45. The molecule has 0 radical (unpaired) electrons. The highest BCUT2D eigenvalue weighted by molar-refractivity contribution is 5.74. The number of nitro groups is 1. The van der Waals surface area contributed by atoms with Gasteiger partial charge in [0.2, 0.25) is 5.82 Å². The second kappa shape index (κ2) is 5.48. The van der Waals surface area contributed by atoms with E-state index in [1.165, 1.54) is 11.8 Å². The van der Waals surface area contributed by atoms with Crippen molar-refractivity contribution in [2.24, 2.45) is 13.0 Å². The highest BCUT2D eigenvalue weighted by atomic mass is 16.6. The molecule has 0 bridgehead atoms. The molecule has 1 atom stereocenters. The molecule has 8 nitrogen and oxygen atoms in total. The number of nitrogens with zero attached hydrogens (tertiary/aromatic N) is 4. The molecule has 2 rings (SSSR count). The van der Waals surface area contributed by atoms with Crippen molar-refractivity contribution in [1.29, 1.82) is 0 Å². The van der Waals surface area contributed by atoms with Crippen LogP contribution in [0, 0.1) is 23.0 Å². The number of esters is 1. The fourth-order valence-electron chi connectivity index (χ4n) is 2.73. The van der Waals surface area contributed by atoms with Crippen LogP contribution in [-0.4, -0.2) is 40.9 Å². The number of carbonyl (C=O) groups excluding carboxylic acids is 1. The molecule has 0 aromatic carbocycles. The minimum Gasteiger partial charge on any atom is -0.469 e. The number of aryl methyl sites for hydroxylation is 2. The molecule has 1 aliphatic rings. The first-order valence-corrected chi connectivity index (χ1v) is 6.46. The zero-order valence-corrected chi connectivity index (χ0v) is 11.8. The van der Waals surface area contributed by atoms with Crippen LogP contribution in [0.4, 0.5) is 11.5 Å². The average Bonchev–Trinajstić information content (AvgIpc) is 2.72. The topological polar surface area (TPSA) is 90.5 Å². The fraction of sp³-hybridized carbons (Fsp3) is 0.667. The number of aromatic nitrogens is 2. The Labute approximate surface area is 116 Å². The van der Waals surface area contributed by atoms with Gasteiger partial charge in [0.25, 0.3) is 0 Å². The summed E-state index contributed by atoms with van der Waals surface area (Å²) in [5, 5.41) is 15.3. The first kappa shape index (κ1) is 14.3. The first-order valence-electron chi connectivity index (χ1n) is 6.46. The molecule has 1 aromatic heterocycles. The molecule has 0 N–H and O–H groups in total. The Bertz CT molecular complexity index is 540. The number of carbonyl (C=O) groups is 1. The summed E-state index contributed by atoms with van der Waals surface area (Å²) in [6.45, 7) is 2.71. The highest BCUT2D eigenvalue weighted by Gasteiger charge is 2.33. The number of anilines is 1. The summed E-state index contributed by atoms with van der Waals surface area (Å²) < 4.78 is 6.27. The Hall–Kier alpha value is -2.12. The van der Waals surface area contributed by atoms with Crippen LogP contribution in [-0.2, 0) is 16.6 Å². The minimum absolute atomic E-state index is 0.0121. The van der Waals surface area contributed by atoms with Crippen molar-refractivity contribution in [3.05, 3.63) is 15.8 Å². The summed E-state index contributed by atoms with van der Waals surface area (Å²) in [7, 11) is 3.04. The Kier molecular flexibility index (Phi) is 3.91. The molecule has 0 aliphatic carbocycles. The molecule has 0 amide bonds. The fourth-order valence-corrected chi connectivity index (χ4v) is 2.73. The second-order valence-corrected chi connectivity index (χ2v) is 4.95. The van der Waals surface area contributed by atoms with Crippen LogP contribution in [0.25, 0.3) is 0 Å². The molecule has 1 aliphatic heterocycles. The van der Waals surface area contributed by atoms with Gasteiger partial charge in [0, 0.05) is 20.1 Å². The number of piperidine rings is 1. The van der Waals surface area contributed by atoms with Gasteiger partial charge in [-0.25, -0.2) is 4.68 Å². The number of hydrogen-bond acceptors (Lipinski definition) is 6. The van der Waals surface area contributed by atoms with E-state index >= 15 is 0 Å². The van der Waals surface area contributed by atoms with Crippen LogP contribution < -0.4 is 4.90 Å². The van der Waals surface area contributed by atoms with Gasteiger partial charge in [-0.3, -0.25) is 14.9 Å². The molecule has 20 heavy (non-hydrogen) atoms. The molecule has 2 heterocycles. The second-order valence-electron chi connectivity index (χ2n) is 4.95. The van der Waals surface area contributed by atoms with E-state index in [0.29, 0.717) is 24.6 Å². The summed E-state index contributed by atoms with van der Waals surface area (Å²) in [5.74, 6) is -0.0547.